The molecule has 1 aliphatic rings. The lowest BCUT2D eigenvalue weighted by atomic mass is 9.90. The molecule has 0 aliphatic heterocycles. The van der Waals surface area contributed by atoms with Crippen molar-refractivity contribution >= 4 is 28.4 Å². The molecule has 4 heterocycles. The van der Waals surface area contributed by atoms with E-state index in [0.29, 0.717) is 42.5 Å². The number of pyridine rings is 2. The van der Waals surface area contributed by atoms with Crippen molar-refractivity contribution in [2.75, 3.05) is 5.32 Å². The normalized spacial score (nSPS) is 19.3. The predicted octanol–water partition coefficient (Wildman–Crippen LogP) is 4.54. The Labute approximate surface area is 185 Å². The Morgan fingerprint density at radius 3 is 2.61 bits per heavy atom. The molecule has 1 aliphatic carbocycles. The number of carbonyl (C=O) groups excluding carboxylic acids is 1. The number of halogens is 4. The van der Waals surface area contributed by atoms with Crippen molar-refractivity contribution in [2.45, 2.75) is 43.9 Å². The van der Waals surface area contributed by atoms with Crippen LogP contribution in [0, 0.1) is 5.82 Å². The van der Waals surface area contributed by atoms with E-state index in [0.717, 1.165) is 12.4 Å². The highest BCUT2D eigenvalue weighted by molar-refractivity contribution is 5.97. The number of carbonyl (C=O) groups is 1. The highest BCUT2D eigenvalue weighted by atomic mass is 19.4. The number of imidazole rings is 1. The molecule has 4 aromatic heterocycles. The van der Waals surface area contributed by atoms with Crippen LogP contribution >= 0.6 is 0 Å². The molecule has 5 rings (SSSR count). The Balaban J connectivity index is 1.36. The predicted molar refractivity (Wildman–Crippen MR) is 113 cm³/mol. The quantitative estimate of drug-likeness (QED) is 0.438. The highest BCUT2D eigenvalue weighted by Crippen LogP contribution is 2.35. The van der Waals surface area contributed by atoms with Gasteiger partial charge >= 0.3 is 6.18 Å². The molecule has 3 N–H and O–H groups in total. The summed E-state index contributed by atoms with van der Waals surface area (Å²) < 4.78 is 55.9. The Morgan fingerprint density at radius 1 is 1.15 bits per heavy atom. The van der Waals surface area contributed by atoms with Crippen molar-refractivity contribution < 1.29 is 22.4 Å². The number of hydrogen-bond donors (Lipinski definition) is 2. The Kier molecular flexibility index (Phi) is 4.98. The molecule has 0 atom stereocenters. The van der Waals surface area contributed by atoms with Gasteiger partial charge in [0.05, 0.1) is 6.20 Å². The standard InChI is InChI=1S/C22H20F4N6O/c23-13-8-12-9-16(20(27)33)32(21(12)28-10-13)15-6-4-14(5-7-15)29-18-2-1-3-19-30-17(11-31(18)19)22(24,25)26/h1-3,8-11,14-15,29H,4-7H2,(H2,27,33). The number of fused-ring (bicyclic) bond motifs is 2. The molecule has 7 nitrogen and oxygen atoms in total. The third-order valence-electron chi connectivity index (χ3n) is 6.09. The van der Waals surface area contributed by atoms with Gasteiger partial charge in [0.2, 0.25) is 0 Å². The Hall–Kier alpha value is -3.63. The zero-order valence-electron chi connectivity index (χ0n) is 17.3. The highest BCUT2D eigenvalue weighted by Gasteiger charge is 2.34. The van der Waals surface area contributed by atoms with Gasteiger partial charge in [-0.25, -0.2) is 14.4 Å². The second-order valence-corrected chi connectivity index (χ2v) is 8.24. The van der Waals surface area contributed by atoms with Gasteiger partial charge < -0.3 is 15.6 Å². The molecule has 1 fully saturated rings. The van der Waals surface area contributed by atoms with Crippen LogP contribution in [0.25, 0.3) is 16.7 Å². The van der Waals surface area contributed by atoms with Gasteiger partial charge in [0.15, 0.2) is 5.69 Å². The van der Waals surface area contributed by atoms with Crippen molar-refractivity contribution in [1.82, 2.24) is 18.9 Å². The minimum atomic E-state index is -4.52. The van der Waals surface area contributed by atoms with Crippen LogP contribution in [-0.2, 0) is 6.18 Å². The summed E-state index contributed by atoms with van der Waals surface area (Å²) in [5.41, 5.74) is 5.61. The number of amides is 1. The summed E-state index contributed by atoms with van der Waals surface area (Å²) in [6.45, 7) is 0. The molecule has 0 unspecified atom stereocenters. The fourth-order valence-electron chi connectivity index (χ4n) is 4.60. The zero-order chi connectivity index (χ0) is 23.3. The molecule has 172 valence electrons. The van der Waals surface area contributed by atoms with E-state index in [4.69, 9.17) is 5.73 Å². The van der Waals surface area contributed by atoms with E-state index < -0.39 is 23.6 Å². The number of nitrogens with two attached hydrogens (primary N) is 1. The van der Waals surface area contributed by atoms with Gasteiger partial charge in [-0.3, -0.25) is 9.20 Å². The van der Waals surface area contributed by atoms with Gasteiger partial charge in [0.25, 0.3) is 5.91 Å². The molecule has 0 aromatic carbocycles. The molecule has 11 heteroatoms. The SMILES string of the molecule is NC(=O)c1cc2cc(F)cnc2n1C1CCC(Nc2cccc3nc(C(F)(F)F)cn23)CC1. The second-order valence-electron chi connectivity index (χ2n) is 8.24. The summed E-state index contributed by atoms with van der Waals surface area (Å²) in [6, 6.07) is 7.73. The zero-order valence-corrected chi connectivity index (χ0v) is 17.3. The van der Waals surface area contributed by atoms with Gasteiger partial charge in [-0.1, -0.05) is 6.07 Å². The minimum Gasteiger partial charge on any atom is -0.368 e. The number of alkyl halides is 3. The maximum atomic E-state index is 13.6. The van der Waals surface area contributed by atoms with E-state index in [1.54, 1.807) is 22.8 Å². The van der Waals surface area contributed by atoms with Crippen LogP contribution in [0.4, 0.5) is 23.4 Å². The number of anilines is 1. The van der Waals surface area contributed by atoms with Gasteiger partial charge in [-0.05, 0) is 49.9 Å². The number of hydrogen-bond acceptors (Lipinski definition) is 4. The van der Waals surface area contributed by atoms with Crippen LogP contribution < -0.4 is 11.1 Å². The van der Waals surface area contributed by atoms with E-state index in [-0.39, 0.29) is 23.4 Å². The topological polar surface area (TPSA) is 90.2 Å². The number of rotatable bonds is 4. The molecule has 0 saturated heterocycles. The van der Waals surface area contributed by atoms with Crippen LogP contribution in [0.3, 0.4) is 0 Å². The van der Waals surface area contributed by atoms with Crippen molar-refractivity contribution in [3.63, 3.8) is 0 Å². The molecular formula is C22H20F4N6O. The average Bonchev–Trinajstić information content (AvgIpc) is 3.36. The largest absolute Gasteiger partial charge is 0.434 e. The van der Waals surface area contributed by atoms with Crippen LogP contribution in [0.15, 0.2) is 42.7 Å². The first-order valence-electron chi connectivity index (χ1n) is 10.5. The first-order chi connectivity index (χ1) is 15.7. The van der Waals surface area contributed by atoms with Crippen molar-refractivity contribution in [1.29, 1.82) is 0 Å². The number of aromatic nitrogens is 4. The molecular weight excluding hydrogens is 440 g/mol. The van der Waals surface area contributed by atoms with E-state index in [9.17, 15) is 22.4 Å². The van der Waals surface area contributed by atoms with Crippen molar-refractivity contribution in [3.8, 4) is 0 Å². The van der Waals surface area contributed by atoms with Crippen LogP contribution in [0.1, 0.15) is 47.9 Å². The van der Waals surface area contributed by atoms with Crippen LogP contribution in [0.2, 0.25) is 0 Å². The third-order valence-corrected chi connectivity index (χ3v) is 6.09. The summed E-state index contributed by atoms with van der Waals surface area (Å²) >= 11 is 0. The fraction of sp³-hybridized carbons (Fsp3) is 0.318. The lowest BCUT2D eigenvalue weighted by molar-refractivity contribution is -0.140. The van der Waals surface area contributed by atoms with Gasteiger partial charge in [0, 0.05) is 23.7 Å². The molecule has 0 bridgehead atoms. The fourth-order valence-corrected chi connectivity index (χ4v) is 4.60. The Morgan fingerprint density at radius 2 is 1.91 bits per heavy atom. The van der Waals surface area contributed by atoms with Gasteiger partial charge in [-0.15, -0.1) is 0 Å². The monoisotopic (exact) mass is 460 g/mol. The van der Waals surface area contributed by atoms with Crippen molar-refractivity contribution in [3.05, 3.63) is 59.9 Å². The van der Waals surface area contributed by atoms with Gasteiger partial charge in [0.1, 0.15) is 28.6 Å². The molecule has 1 amide bonds. The Bertz CT molecular complexity index is 1350. The average molecular weight is 460 g/mol. The number of nitrogens with zero attached hydrogens (tertiary/aromatic N) is 4. The maximum Gasteiger partial charge on any atom is 0.434 e. The second kappa shape index (κ2) is 7.75. The smallest absolute Gasteiger partial charge is 0.368 e. The lowest BCUT2D eigenvalue weighted by Gasteiger charge is -2.31. The van der Waals surface area contributed by atoms with Crippen LogP contribution in [0.5, 0.6) is 0 Å². The summed E-state index contributed by atoms with van der Waals surface area (Å²) in [7, 11) is 0. The molecule has 33 heavy (non-hydrogen) atoms. The van der Waals surface area contributed by atoms with E-state index in [1.165, 1.54) is 16.5 Å². The summed E-state index contributed by atoms with van der Waals surface area (Å²) in [5.74, 6) is -0.577. The lowest BCUT2D eigenvalue weighted by Crippen LogP contribution is -2.30. The minimum absolute atomic E-state index is 0.0212. The third kappa shape index (κ3) is 3.87. The maximum absolute atomic E-state index is 13.6. The van der Waals surface area contributed by atoms with Gasteiger partial charge in [-0.2, -0.15) is 13.2 Å². The molecule has 0 spiro atoms. The summed E-state index contributed by atoms with van der Waals surface area (Å²) in [5, 5.41) is 3.84. The number of nitrogens with one attached hydrogen (secondary N) is 1. The summed E-state index contributed by atoms with van der Waals surface area (Å²) in [6.07, 6.45) is 0.373. The van der Waals surface area contributed by atoms with E-state index >= 15 is 0 Å². The van der Waals surface area contributed by atoms with E-state index in [1.807, 2.05) is 0 Å². The van der Waals surface area contributed by atoms with E-state index in [2.05, 4.69) is 15.3 Å². The summed E-state index contributed by atoms with van der Waals surface area (Å²) in [4.78, 5) is 19.8. The molecule has 1 saturated carbocycles. The van der Waals surface area contributed by atoms with Crippen molar-refractivity contribution in [2.24, 2.45) is 5.73 Å². The van der Waals surface area contributed by atoms with Crippen LogP contribution in [-0.4, -0.2) is 30.9 Å². The number of primary amides is 1. The first-order valence-corrected chi connectivity index (χ1v) is 10.5. The first kappa shape index (κ1) is 21.2. The molecule has 4 aromatic rings. The molecule has 0 radical (unpaired) electrons.